The molecule has 1 saturated heterocycles. The predicted octanol–water partition coefficient (Wildman–Crippen LogP) is 1.75. The summed E-state index contributed by atoms with van der Waals surface area (Å²) in [6.45, 7) is 0.841. The highest BCUT2D eigenvalue weighted by Crippen LogP contribution is 2.24. The average Bonchev–Trinajstić information content (AvgIpc) is 3.02. The molecule has 5 nitrogen and oxygen atoms in total. The largest absolute Gasteiger partial charge is 0.490 e. The van der Waals surface area contributed by atoms with Gasteiger partial charge < -0.3 is 19.7 Å². The number of benzene rings is 1. The number of fused-ring (bicyclic) bond motifs is 1. The molecule has 23 heavy (non-hydrogen) atoms. The van der Waals surface area contributed by atoms with Crippen LogP contribution in [0.15, 0.2) is 30.5 Å². The number of ether oxygens (including phenoxy) is 1. The number of likely N-dealkylation sites (N-methyl/N-ethyl adjacent to an activating group) is 1. The number of aromatic nitrogens is 1. The van der Waals surface area contributed by atoms with E-state index in [-0.39, 0.29) is 6.61 Å². The van der Waals surface area contributed by atoms with Gasteiger partial charge in [0.05, 0.1) is 0 Å². The molecule has 6 heteroatoms. The molecule has 126 valence electrons. The first-order chi connectivity index (χ1) is 11.1. The molecule has 1 unspecified atom stereocenters. The third-order valence-electron chi connectivity index (χ3n) is 4.47. The third kappa shape index (κ3) is 4.13. The molecule has 2 N–H and O–H groups in total. The summed E-state index contributed by atoms with van der Waals surface area (Å²) in [6.07, 6.45) is 3.23. The number of nitrogens with zero attached hydrogens (tertiary/aromatic N) is 1. The maximum absolute atomic E-state index is 11.4. The van der Waals surface area contributed by atoms with Gasteiger partial charge in [0.15, 0.2) is 0 Å². The first-order valence-corrected chi connectivity index (χ1v) is 9.54. The maximum Gasteiger partial charge on any atom is 0.128 e. The Kier molecular flexibility index (Phi) is 5.35. The van der Waals surface area contributed by atoms with Gasteiger partial charge in [0.2, 0.25) is 0 Å². The van der Waals surface area contributed by atoms with Crippen LogP contribution in [0.1, 0.15) is 12.8 Å². The first-order valence-electron chi connectivity index (χ1n) is 8.05. The molecule has 2 heterocycles. The highest BCUT2D eigenvalue weighted by Gasteiger charge is 2.23. The molecule has 1 aromatic heterocycles. The quantitative estimate of drug-likeness (QED) is 0.843. The molecule has 0 amide bonds. The molecule has 0 radical (unpaired) electrons. The van der Waals surface area contributed by atoms with Crippen molar-refractivity contribution in [2.45, 2.75) is 25.0 Å². The Morgan fingerprint density at radius 1 is 1.39 bits per heavy atom. The second kappa shape index (κ2) is 7.47. The number of aromatic amines is 1. The van der Waals surface area contributed by atoms with Crippen molar-refractivity contribution in [1.29, 1.82) is 0 Å². The van der Waals surface area contributed by atoms with Gasteiger partial charge >= 0.3 is 0 Å². The maximum atomic E-state index is 11.4. The number of hydrogen-bond donors (Lipinski definition) is 2. The minimum absolute atomic E-state index is 0.271. The van der Waals surface area contributed by atoms with E-state index in [0.717, 1.165) is 41.0 Å². The summed E-state index contributed by atoms with van der Waals surface area (Å²) in [5.74, 6) is 2.34. The molecular formula is C17H24N2O3S. The van der Waals surface area contributed by atoms with Gasteiger partial charge in [-0.2, -0.15) is 0 Å². The zero-order valence-electron chi connectivity index (χ0n) is 13.4. The summed E-state index contributed by atoms with van der Waals surface area (Å²) < 4.78 is 17.2. The van der Waals surface area contributed by atoms with E-state index < -0.39 is 16.9 Å². The Balaban J connectivity index is 1.50. The minimum Gasteiger partial charge on any atom is -0.490 e. The second-order valence-electron chi connectivity index (χ2n) is 6.18. The summed E-state index contributed by atoms with van der Waals surface area (Å²) in [5.41, 5.74) is 1.03. The van der Waals surface area contributed by atoms with Crippen LogP contribution in [0.4, 0.5) is 0 Å². The Hall–Kier alpha value is -1.37. The lowest BCUT2D eigenvalue weighted by Gasteiger charge is -2.32. The average molecular weight is 336 g/mol. The zero-order valence-corrected chi connectivity index (χ0v) is 14.2. The molecule has 1 atom stereocenters. The minimum atomic E-state index is -0.645. The number of aliphatic hydroxyl groups is 1. The van der Waals surface area contributed by atoms with E-state index in [4.69, 9.17) is 4.74 Å². The second-order valence-corrected chi connectivity index (χ2v) is 7.87. The van der Waals surface area contributed by atoms with Crippen molar-refractivity contribution in [3.8, 4) is 5.75 Å². The molecule has 1 aliphatic rings. The van der Waals surface area contributed by atoms with Gasteiger partial charge in [0.1, 0.15) is 18.5 Å². The smallest absolute Gasteiger partial charge is 0.128 e. The van der Waals surface area contributed by atoms with Gasteiger partial charge in [0.25, 0.3) is 0 Å². The number of nitrogens with one attached hydrogen (secondary N) is 1. The molecule has 3 rings (SSSR count). The Morgan fingerprint density at radius 3 is 2.96 bits per heavy atom. The van der Waals surface area contributed by atoms with Crippen LogP contribution in [0.3, 0.4) is 0 Å². The molecule has 0 spiro atoms. The van der Waals surface area contributed by atoms with E-state index in [1.165, 1.54) is 0 Å². The molecule has 1 aromatic carbocycles. The van der Waals surface area contributed by atoms with Crippen LogP contribution in [-0.4, -0.2) is 63.1 Å². The van der Waals surface area contributed by atoms with E-state index >= 15 is 0 Å². The van der Waals surface area contributed by atoms with Crippen LogP contribution in [0, 0.1) is 0 Å². The van der Waals surface area contributed by atoms with Crippen molar-refractivity contribution in [1.82, 2.24) is 9.88 Å². The molecule has 1 aliphatic heterocycles. The lowest BCUT2D eigenvalue weighted by Crippen LogP contribution is -2.42. The number of hydrogen-bond acceptors (Lipinski definition) is 4. The van der Waals surface area contributed by atoms with Crippen molar-refractivity contribution in [3.05, 3.63) is 30.5 Å². The Bertz CT molecular complexity index is 663. The van der Waals surface area contributed by atoms with Gasteiger partial charge in [-0.05, 0) is 38.1 Å². The van der Waals surface area contributed by atoms with Crippen molar-refractivity contribution < 1.29 is 14.1 Å². The normalized spacial score (nSPS) is 23.3. The fourth-order valence-corrected chi connectivity index (χ4v) is 4.40. The summed E-state index contributed by atoms with van der Waals surface area (Å²) in [5, 5.41) is 11.3. The van der Waals surface area contributed by atoms with Crippen LogP contribution in [0.5, 0.6) is 5.75 Å². The van der Waals surface area contributed by atoms with Crippen molar-refractivity contribution in [2.75, 3.05) is 31.7 Å². The van der Waals surface area contributed by atoms with E-state index in [0.29, 0.717) is 12.6 Å². The van der Waals surface area contributed by atoms with E-state index in [2.05, 4.69) is 9.88 Å². The van der Waals surface area contributed by atoms with Crippen LogP contribution >= 0.6 is 0 Å². The van der Waals surface area contributed by atoms with Crippen molar-refractivity contribution in [2.24, 2.45) is 0 Å². The summed E-state index contributed by atoms with van der Waals surface area (Å²) >= 11 is 0. The lowest BCUT2D eigenvalue weighted by atomic mass is 10.1. The van der Waals surface area contributed by atoms with Crippen LogP contribution in [-0.2, 0) is 10.8 Å². The van der Waals surface area contributed by atoms with Crippen molar-refractivity contribution >= 4 is 21.7 Å². The van der Waals surface area contributed by atoms with Crippen LogP contribution < -0.4 is 4.74 Å². The monoisotopic (exact) mass is 336 g/mol. The predicted molar refractivity (Wildman–Crippen MR) is 93.3 cm³/mol. The number of H-pyrrole nitrogens is 1. The molecule has 2 aromatic rings. The molecular weight excluding hydrogens is 312 g/mol. The molecule has 0 saturated carbocycles. The van der Waals surface area contributed by atoms with Gasteiger partial charge in [0, 0.05) is 52.0 Å². The van der Waals surface area contributed by atoms with Gasteiger partial charge in [-0.1, -0.05) is 6.07 Å². The molecule has 0 aliphatic carbocycles. The first kappa shape index (κ1) is 16.5. The van der Waals surface area contributed by atoms with Crippen LogP contribution in [0.25, 0.3) is 10.9 Å². The van der Waals surface area contributed by atoms with E-state index in [1.54, 1.807) is 0 Å². The van der Waals surface area contributed by atoms with E-state index in [9.17, 15) is 9.32 Å². The summed E-state index contributed by atoms with van der Waals surface area (Å²) in [4.78, 5) is 5.32. The number of rotatable bonds is 6. The third-order valence-corrected chi connectivity index (χ3v) is 5.85. The zero-order chi connectivity index (χ0) is 16.2. The van der Waals surface area contributed by atoms with Gasteiger partial charge in [-0.25, -0.2) is 0 Å². The van der Waals surface area contributed by atoms with Gasteiger partial charge in [-0.3, -0.25) is 4.21 Å². The van der Waals surface area contributed by atoms with Crippen LogP contribution in [0.2, 0.25) is 0 Å². The molecule has 1 fully saturated rings. The molecule has 0 bridgehead atoms. The van der Waals surface area contributed by atoms with E-state index in [1.807, 2.05) is 37.5 Å². The summed E-state index contributed by atoms with van der Waals surface area (Å²) in [6, 6.07) is 8.25. The highest BCUT2D eigenvalue weighted by atomic mass is 32.2. The standard InChI is InChI=1S/C17H24N2O3S/c1-19(13-6-9-23(21)10-7-13)11-14(20)12-22-17-4-2-3-16-15(17)5-8-18-16/h2-5,8,13-14,18,20H,6-7,9-12H2,1H3. The Labute approximate surface area is 139 Å². The number of aliphatic hydroxyl groups excluding tert-OH is 1. The fourth-order valence-electron chi connectivity index (χ4n) is 3.12. The van der Waals surface area contributed by atoms with Gasteiger partial charge in [-0.15, -0.1) is 0 Å². The Morgan fingerprint density at radius 2 is 2.17 bits per heavy atom. The topological polar surface area (TPSA) is 65.6 Å². The summed E-state index contributed by atoms with van der Waals surface area (Å²) in [7, 11) is 1.38. The van der Waals surface area contributed by atoms with Crippen molar-refractivity contribution in [3.63, 3.8) is 0 Å². The fraction of sp³-hybridized carbons (Fsp3) is 0.529. The lowest BCUT2D eigenvalue weighted by molar-refractivity contribution is 0.0619. The SMILES string of the molecule is CN(CC(O)COc1cccc2[nH]ccc12)C1CCS(=O)CC1. The highest BCUT2D eigenvalue weighted by molar-refractivity contribution is 7.85.